The lowest BCUT2D eigenvalue weighted by Gasteiger charge is -2.11. The zero-order chi connectivity index (χ0) is 11.8. The first kappa shape index (κ1) is 11.1. The zero-order valence-electron chi connectivity index (χ0n) is 9.34. The molecule has 0 unspecified atom stereocenters. The summed E-state index contributed by atoms with van der Waals surface area (Å²) in [6.45, 7) is 0. The highest BCUT2D eigenvalue weighted by Crippen LogP contribution is 2.40. The molecule has 0 saturated heterocycles. The molecule has 2 aromatic carbocycles. The van der Waals surface area contributed by atoms with E-state index in [9.17, 15) is 0 Å². The van der Waals surface area contributed by atoms with Gasteiger partial charge in [-0.3, -0.25) is 0 Å². The van der Waals surface area contributed by atoms with Crippen molar-refractivity contribution in [1.29, 1.82) is 0 Å². The highest BCUT2D eigenvalue weighted by Gasteiger charge is 2.20. The largest absolute Gasteiger partial charge is 0.0840 e. The molecule has 1 aliphatic carbocycles. The Morgan fingerprint density at radius 3 is 2.35 bits per heavy atom. The summed E-state index contributed by atoms with van der Waals surface area (Å²) >= 11 is 12.8. The molecule has 0 spiro atoms. The normalized spacial score (nSPS) is 13.8. The summed E-state index contributed by atoms with van der Waals surface area (Å²) in [5.41, 5.74) is 4.68. The highest BCUT2D eigenvalue weighted by atomic mass is 35.5. The first-order valence-corrected chi connectivity index (χ1v) is 6.58. The van der Waals surface area contributed by atoms with Gasteiger partial charge in [0.15, 0.2) is 0 Å². The van der Waals surface area contributed by atoms with Gasteiger partial charge in [-0.1, -0.05) is 53.5 Å². The molecule has 2 heteroatoms. The van der Waals surface area contributed by atoms with Crippen molar-refractivity contribution in [2.75, 3.05) is 0 Å². The van der Waals surface area contributed by atoms with Crippen LogP contribution in [0.4, 0.5) is 0 Å². The average molecular weight is 263 g/mol. The second-order valence-electron chi connectivity index (χ2n) is 4.40. The molecule has 0 nitrogen and oxygen atoms in total. The highest BCUT2D eigenvalue weighted by molar-refractivity contribution is 6.36. The molecular formula is C15H12Cl2. The van der Waals surface area contributed by atoms with Crippen molar-refractivity contribution in [3.63, 3.8) is 0 Å². The van der Waals surface area contributed by atoms with E-state index in [0.29, 0.717) is 0 Å². The molecule has 0 aliphatic heterocycles. The number of fused-ring (bicyclic) bond motifs is 1. The third-order valence-electron chi connectivity index (χ3n) is 3.36. The van der Waals surface area contributed by atoms with Crippen LogP contribution in [0.25, 0.3) is 11.1 Å². The van der Waals surface area contributed by atoms with E-state index < -0.39 is 0 Å². The first-order chi connectivity index (χ1) is 8.27. The van der Waals surface area contributed by atoms with Gasteiger partial charge in [-0.25, -0.2) is 0 Å². The lowest BCUT2D eigenvalue weighted by atomic mass is 10.0. The van der Waals surface area contributed by atoms with Crippen molar-refractivity contribution in [3.05, 3.63) is 57.6 Å². The minimum absolute atomic E-state index is 0.862. The molecule has 0 fully saturated rings. The van der Waals surface area contributed by atoms with E-state index in [1.807, 2.05) is 24.3 Å². The maximum absolute atomic E-state index is 6.50. The van der Waals surface area contributed by atoms with Gasteiger partial charge >= 0.3 is 0 Å². The Kier molecular flexibility index (Phi) is 2.85. The number of hydrogen-bond acceptors (Lipinski definition) is 0. The number of hydrogen-bond donors (Lipinski definition) is 0. The van der Waals surface area contributed by atoms with Crippen LogP contribution in [0, 0.1) is 0 Å². The Morgan fingerprint density at radius 1 is 0.882 bits per heavy atom. The summed E-state index contributed by atoms with van der Waals surface area (Å²) in [5.74, 6) is 0. The van der Waals surface area contributed by atoms with E-state index in [-0.39, 0.29) is 0 Å². The van der Waals surface area contributed by atoms with E-state index in [0.717, 1.165) is 40.4 Å². The van der Waals surface area contributed by atoms with Gasteiger partial charge < -0.3 is 0 Å². The van der Waals surface area contributed by atoms with Crippen LogP contribution in [0.15, 0.2) is 36.4 Å². The van der Waals surface area contributed by atoms with Crippen molar-refractivity contribution in [3.8, 4) is 11.1 Å². The van der Waals surface area contributed by atoms with E-state index in [4.69, 9.17) is 23.2 Å². The standard InChI is InChI=1S/C15H12Cl2/c16-14-9-13(10-5-2-1-3-6-10)15(17)12-8-4-7-11(12)14/h1-3,5-6,9H,4,7-8H2. The van der Waals surface area contributed by atoms with Gasteiger partial charge in [-0.05, 0) is 42.0 Å². The SMILES string of the molecule is Clc1cc(-c2ccccc2)c(Cl)c2c1CCC2. The third-order valence-corrected chi connectivity index (χ3v) is 4.13. The second kappa shape index (κ2) is 4.36. The molecule has 0 N–H and O–H groups in total. The van der Waals surface area contributed by atoms with E-state index >= 15 is 0 Å². The summed E-state index contributed by atoms with van der Waals surface area (Å²) in [7, 11) is 0. The molecule has 2 aromatic rings. The van der Waals surface area contributed by atoms with Crippen LogP contribution in [0.3, 0.4) is 0 Å². The molecule has 0 bridgehead atoms. The van der Waals surface area contributed by atoms with Crippen LogP contribution < -0.4 is 0 Å². The quantitative estimate of drug-likeness (QED) is 0.667. The molecule has 0 saturated carbocycles. The topological polar surface area (TPSA) is 0 Å². The predicted octanol–water partition coefficient (Wildman–Crippen LogP) is 5.15. The molecule has 17 heavy (non-hydrogen) atoms. The Hall–Kier alpha value is -0.980. The van der Waals surface area contributed by atoms with Crippen LogP contribution in [0.1, 0.15) is 17.5 Å². The molecular weight excluding hydrogens is 251 g/mol. The van der Waals surface area contributed by atoms with E-state index in [2.05, 4.69) is 12.1 Å². The summed E-state index contributed by atoms with van der Waals surface area (Å²) in [4.78, 5) is 0. The minimum Gasteiger partial charge on any atom is -0.0840 e. The van der Waals surface area contributed by atoms with Crippen LogP contribution >= 0.6 is 23.2 Å². The van der Waals surface area contributed by atoms with Gasteiger partial charge in [0.25, 0.3) is 0 Å². The summed E-state index contributed by atoms with van der Waals surface area (Å²) in [5, 5.41) is 1.74. The summed E-state index contributed by atoms with van der Waals surface area (Å²) in [6.07, 6.45) is 3.27. The number of rotatable bonds is 1. The maximum atomic E-state index is 6.50. The second-order valence-corrected chi connectivity index (χ2v) is 5.18. The van der Waals surface area contributed by atoms with Crippen molar-refractivity contribution in [2.45, 2.75) is 19.3 Å². The third kappa shape index (κ3) is 1.86. The fourth-order valence-corrected chi connectivity index (χ4v) is 3.21. The zero-order valence-corrected chi connectivity index (χ0v) is 10.9. The molecule has 0 atom stereocenters. The first-order valence-electron chi connectivity index (χ1n) is 5.82. The molecule has 0 heterocycles. The van der Waals surface area contributed by atoms with Gasteiger partial charge in [0.2, 0.25) is 0 Å². The summed E-state index contributed by atoms with van der Waals surface area (Å²) in [6, 6.07) is 12.2. The van der Waals surface area contributed by atoms with Crippen molar-refractivity contribution in [2.24, 2.45) is 0 Å². The smallest absolute Gasteiger partial charge is 0.0520 e. The molecule has 0 amide bonds. The molecule has 0 aromatic heterocycles. The van der Waals surface area contributed by atoms with Gasteiger partial charge in [-0.15, -0.1) is 0 Å². The van der Waals surface area contributed by atoms with Gasteiger partial charge in [0.05, 0.1) is 5.02 Å². The number of halogens is 2. The summed E-state index contributed by atoms with van der Waals surface area (Å²) < 4.78 is 0. The monoisotopic (exact) mass is 262 g/mol. The fraction of sp³-hybridized carbons (Fsp3) is 0.200. The average Bonchev–Trinajstić information content (AvgIpc) is 2.85. The van der Waals surface area contributed by atoms with Crippen LogP contribution in [-0.2, 0) is 12.8 Å². The van der Waals surface area contributed by atoms with Crippen molar-refractivity contribution in [1.82, 2.24) is 0 Å². The van der Waals surface area contributed by atoms with Crippen LogP contribution in [0.2, 0.25) is 10.0 Å². The Labute approximate surface area is 111 Å². The fourth-order valence-electron chi connectivity index (χ4n) is 2.52. The van der Waals surface area contributed by atoms with Crippen LogP contribution in [0.5, 0.6) is 0 Å². The number of benzene rings is 2. The van der Waals surface area contributed by atoms with Crippen LogP contribution in [-0.4, -0.2) is 0 Å². The minimum atomic E-state index is 0.862. The van der Waals surface area contributed by atoms with Gasteiger partial charge in [-0.2, -0.15) is 0 Å². The Morgan fingerprint density at radius 2 is 1.59 bits per heavy atom. The molecule has 1 aliphatic rings. The molecule has 86 valence electrons. The van der Waals surface area contributed by atoms with Gasteiger partial charge in [0, 0.05) is 10.6 Å². The lowest BCUT2D eigenvalue weighted by Crippen LogP contribution is -1.90. The molecule has 3 rings (SSSR count). The Bertz CT molecular complexity index is 559. The van der Waals surface area contributed by atoms with Crippen molar-refractivity contribution < 1.29 is 0 Å². The van der Waals surface area contributed by atoms with E-state index in [1.54, 1.807) is 0 Å². The van der Waals surface area contributed by atoms with E-state index in [1.165, 1.54) is 11.1 Å². The maximum Gasteiger partial charge on any atom is 0.0520 e. The Balaban J connectivity index is 2.23. The predicted molar refractivity (Wildman–Crippen MR) is 73.9 cm³/mol. The van der Waals surface area contributed by atoms with Crippen molar-refractivity contribution >= 4 is 23.2 Å². The lowest BCUT2D eigenvalue weighted by molar-refractivity contribution is 0.912. The van der Waals surface area contributed by atoms with Gasteiger partial charge in [0.1, 0.15) is 0 Å². The molecule has 0 radical (unpaired) electrons.